The van der Waals surface area contributed by atoms with Gasteiger partial charge in [-0.3, -0.25) is 0 Å². The van der Waals surface area contributed by atoms with Crippen molar-refractivity contribution in [3.63, 3.8) is 0 Å². The molecule has 1 fully saturated rings. The van der Waals surface area contributed by atoms with Crippen molar-refractivity contribution in [2.75, 3.05) is 0 Å². The molecule has 1 aromatic rings. The minimum atomic E-state index is 0.406. The normalized spacial score (nSPS) is 25.6. The van der Waals surface area contributed by atoms with E-state index in [9.17, 15) is 0 Å². The lowest BCUT2D eigenvalue weighted by molar-refractivity contribution is 0.260. The van der Waals surface area contributed by atoms with E-state index in [1.807, 2.05) is 6.20 Å². The van der Waals surface area contributed by atoms with Gasteiger partial charge < -0.3 is 10.3 Å². The summed E-state index contributed by atoms with van der Waals surface area (Å²) in [6.07, 6.45) is 10.2. The van der Waals surface area contributed by atoms with E-state index in [0.717, 1.165) is 11.7 Å². The maximum atomic E-state index is 5.68. The van der Waals surface area contributed by atoms with Gasteiger partial charge in [0.05, 0.1) is 0 Å². The minimum absolute atomic E-state index is 0.406. The number of aromatic nitrogens is 2. The Bertz CT molecular complexity index is 372. The Morgan fingerprint density at radius 2 is 2.44 bits per heavy atom. The Balaban J connectivity index is 2.16. The average molecular weight is 237 g/mol. The molecule has 3 nitrogen and oxygen atoms in total. The van der Waals surface area contributed by atoms with E-state index in [1.54, 1.807) is 6.20 Å². The van der Waals surface area contributed by atoms with E-state index in [1.165, 1.54) is 32.1 Å². The second kappa shape index (κ2) is 4.95. The number of imidazole rings is 1. The van der Waals surface area contributed by atoms with Crippen LogP contribution in [0.4, 0.5) is 0 Å². The third-order valence-electron chi connectivity index (χ3n) is 3.61. The maximum Gasteiger partial charge on any atom is 0.167 e. The standard InChI is InChI=1S/C12H19N3S/c1-2-9-4-3-5-10(8-9)15-7-6-14-12(15)11(13)16/h6-7,9-10H,2-5,8H2,1H3,(H2,13,16). The van der Waals surface area contributed by atoms with Crippen molar-refractivity contribution in [3.8, 4) is 0 Å². The van der Waals surface area contributed by atoms with Crippen LogP contribution in [0.25, 0.3) is 0 Å². The molecule has 0 bridgehead atoms. The quantitative estimate of drug-likeness (QED) is 0.822. The monoisotopic (exact) mass is 237 g/mol. The molecule has 2 atom stereocenters. The highest BCUT2D eigenvalue weighted by Crippen LogP contribution is 2.34. The minimum Gasteiger partial charge on any atom is -0.387 e. The Kier molecular flexibility index (Phi) is 3.59. The summed E-state index contributed by atoms with van der Waals surface area (Å²) in [7, 11) is 0. The molecule has 0 amide bonds. The van der Waals surface area contributed by atoms with E-state index in [4.69, 9.17) is 18.0 Å². The van der Waals surface area contributed by atoms with Crippen LogP contribution in [0.1, 0.15) is 50.9 Å². The Hall–Kier alpha value is -0.900. The molecule has 16 heavy (non-hydrogen) atoms. The zero-order chi connectivity index (χ0) is 11.5. The lowest BCUT2D eigenvalue weighted by Crippen LogP contribution is -2.24. The largest absolute Gasteiger partial charge is 0.387 e. The molecule has 2 unspecified atom stereocenters. The summed E-state index contributed by atoms with van der Waals surface area (Å²) in [4.78, 5) is 4.64. The van der Waals surface area contributed by atoms with Crippen molar-refractivity contribution in [1.29, 1.82) is 0 Å². The van der Waals surface area contributed by atoms with Crippen molar-refractivity contribution in [3.05, 3.63) is 18.2 Å². The van der Waals surface area contributed by atoms with Gasteiger partial charge in [-0.1, -0.05) is 38.4 Å². The Morgan fingerprint density at radius 3 is 3.12 bits per heavy atom. The predicted molar refractivity (Wildman–Crippen MR) is 69.4 cm³/mol. The summed E-state index contributed by atoms with van der Waals surface area (Å²) >= 11 is 5.02. The second-order valence-electron chi connectivity index (χ2n) is 4.62. The summed E-state index contributed by atoms with van der Waals surface area (Å²) in [5.74, 6) is 1.62. The van der Waals surface area contributed by atoms with E-state index < -0.39 is 0 Å². The van der Waals surface area contributed by atoms with Crippen LogP contribution in [0.5, 0.6) is 0 Å². The molecule has 1 aromatic heterocycles. The number of hydrogen-bond donors (Lipinski definition) is 1. The number of nitrogens with two attached hydrogens (primary N) is 1. The van der Waals surface area contributed by atoms with Gasteiger partial charge in [0, 0.05) is 18.4 Å². The fourth-order valence-corrected chi connectivity index (χ4v) is 2.84. The van der Waals surface area contributed by atoms with Gasteiger partial charge in [-0.2, -0.15) is 0 Å². The highest BCUT2D eigenvalue weighted by atomic mass is 32.1. The molecule has 4 heteroatoms. The van der Waals surface area contributed by atoms with E-state index in [0.29, 0.717) is 11.0 Å². The van der Waals surface area contributed by atoms with Gasteiger partial charge in [-0.15, -0.1) is 0 Å². The summed E-state index contributed by atoms with van der Waals surface area (Å²) in [6.45, 7) is 2.27. The summed E-state index contributed by atoms with van der Waals surface area (Å²) in [5, 5.41) is 0. The van der Waals surface area contributed by atoms with Crippen LogP contribution >= 0.6 is 12.2 Å². The number of rotatable bonds is 3. The number of hydrogen-bond acceptors (Lipinski definition) is 2. The number of thiocarbonyl (C=S) groups is 1. The maximum absolute atomic E-state index is 5.68. The molecule has 0 spiro atoms. The zero-order valence-corrected chi connectivity index (χ0v) is 10.5. The number of nitrogens with zero attached hydrogens (tertiary/aromatic N) is 2. The first-order valence-corrected chi connectivity index (χ1v) is 6.45. The Morgan fingerprint density at radius 1 is 1.62 bits per heavy atom. The molecule has 88 valence electrons. The third kappa shape index (κ3) is 2.26. The van der Waals surface area contributed by atoms with Gasteiger partial charge in [-0.25, -0.2) is 4.98 Å². The molecule has 0 saturated heterocycles. The van der Waals surface area contributed by atoms with Crippen molar-refractivity contribution < 1.29 is 0 Å². The third-order valence-corrected chi connectivity index (χ3v) is 3.80. The van der Waals surface area contributed by atoms with Crippen LogP contribution in [0.2, 0.25) is 0 Å². The van der Waals surface area contributed by atoms with Crippen LogP contribution in [0, 0.1) is 5.92 Å². The molecule has 1 aliphatic carbocycles. The molecule has 1 aliphatic rings. The lowest BCUT2D eigenvalue weighted by Gasteiger charge is -2.30. The summed E-state index contributed by atoms with van der Waals surface area (Å²) < 4.78 is 2.17. The first-order chi connectivity index (χ1) is 7.72. The molecule has 0 aromatic carbocycles. The smallest absolute Gasteiger partial charge is 0.167 e. The van der Waals surface area contributed by atoms with Gasteiger partial charge in [0.2, 0.25) is 0 Å². The van der Waals surface area contributed by atoms with Crippen LogP contribution in [-0.4, -0.2) is 14.5 Å². The first kappa shape index (κ1) is 11.6. The summed E-state index contributed by atoms with van der Waals surface area (Å²) in [5.41, 5.74) is 5.68. The average Bonchev–Trinajstić information content (AvgIpc) is 2.78. The fourth-order valence-electron chi connectivity index (χ4n) is 2.68. The van der Waals surface area contributed by atoms with Crippen LogP contribution < -0.4 is 5.73 Å². The summed E-state index contributed by atoms with van der Waals surface area (Å²) in [6, 6.07) is 0.540. The molecular formula is C12H19N3S. The lowest BCUT2D eigenvalue weighted by atomic mass is 9.84. The molecule has 0 radical (unpaired) electrons. The van der Waals surface area contributed by atoms with E-state index >= 15 is 0 Å². The van der Waals surface area contributed by atoms with Gasteiger partial charge in [0.25, 0.3) is 0 Å². The zero-order valence-electron chi connectivity index (χ0n) is 9.72. The highest BCUT2D eigenvalue weighted by Gasteiger charge is 2.23. The van der Waals surface area contributed by atoms with Crippen LogP contribution in [-0.2, 0) is 0 Å². The second-order valence-corrected chi connectivity index (χ2v) is 5.06. The molecule has 1 heterocycles. The Labute approximate surface area is 102 Å². The molecule has 2 rings (SSSR count). The van der Waals surface area contributed by atoms with E-state index in [2.05, 4.69) is 16.5 Å². The SMILES string of the molecule is CCC1CCCC(n2ccnc2C(N)=S)C1. The van der Waals surface area contributed by atoms with E-state index in [-0.39, 0.29) is 0 Å². The molecular weight excluding hydrogens is 218 g/mol. The highest BCUT2D eigenvalue weighted by molar-refractivity contribution is 7.80. The van der Waals surface area contributed by atoms with Crippen molar-refractivity contribution in [1.82, 2.24) is 9.55 Å². The van der Waals surface area contributed by atoms with Gasteiger partial charge in [0.1, 0.15) is 4.99 Å². The molecule has 2 N–H and O–H groups in total. The predicted octanol–water partition coefficient (Wildman–Crippen LogP) is 2.66. The molecule has 1 saturated carbocycles. The van der Waals surface area contributed by atoms with Gasteiger partial charge in [-0.05, 0) is 18.8 Å². The topological polar surface area (TPSA) is 43.8 Å². The van der Waals surface area contributed by atoms with Crippen molar-refractivity contribution in [2.24, 2.45) is 11.7 Å². The van der Waals surface area contributed by atoms with Gasteiger partial charge in [0.15, 0.2) is 5.82 Å². The van der Waals surface area contributed by atoms with Gasteiger partial charge >= 0.3 is 0 Å². The van der Waals surface area contributed by atoms with Crippen molar-refractivity contribution in [2.45, 2.75) is 45.1 Å². The fraction of sp³-hybridized carbons (Fsp3) is 0.667. The first-order valence-electron chi connectivity index (χ1n) is 6.05. The van der Waals surface area contributed by atoms with Crippen molar-refractivity contribution >= 4 is 17.2 Å². The van der Waals surface area contributed by atoms with Crippen LogP contribution in [0.3, 0.4) is 0 Å². The molecule has 0 aliphatic heterocycles. The van der Waals surface area contributed by atoms with Crippen LogP contribution in [0.15, 0.2) is 12.4 Å².